The molecule has 2 unspecified atom stereocenters. The van der Waals surface area contributed by atoms with E-state index in [4.69, 9.17) is 5.73 Å². The second-order valence-electron chi connectivity index (χ2n) is 6.27. The first kappa shape index (κ1) is 20.2. The Kier molecular flexibility index (Phi) is 5.61. The second kappa shape index (κ2) is 7.48. The Hall–Kier alpha value is -1.51. The SMILES string of the molecule is NC1C=Cc2c(cccc2S(=O)(=O)[O-])C1=C1c2ccccc2C=CC1O.[Na+]. The molecule has 2 aromatic carbocycles. The van der Waals surface area contributed by atoms with Crippen LogP contribution in [0.2, 0.25) is 0 Å². The molecule has 0 aliphatic heterocycles. The summed E-state index contributed by atoms with van der Waals surface area (Å²) in [5, 5.41) is 10.6. The van der Waals surface area contributed by atoms with Crippen molar-refractivity contribution in [3.05, 3.63) is 76.9 Å². The summed E-state index contributed by atoms with van der Waals surface area (Å²) in [6.45, 7) is 0. The van der Waals surface area contributed by atoms with Gasteiger partial charge >= 0.3 is 29.6 Å². The van der Waals surface area contributed by atoms with Crippen LogP contribution in [0.4, 0.5) is 0 Å². The van der Waals surface area contributed by atoms with Crippen molar-refractivity contribution in [2.75, 3.05) is 0 Å². The van der Waals surface area contributed by atoms with Gasteiger partial charge in [0.2, 0.25) is 0 Å². The number of aliphatic hydroxyl groups is 1. The normalized spacial score (nSPS) is 23.4. The van der Waals surface area contributed by atoms with Gasteiger partial charge in [-0.3, -0.25) is 0 Å². The monoisotopic (exact) mass is 389 g/mol. The zero-order valence-electron chi connectivity index (χ0n) is 14.7. The summed E-state index contributed by atoms with van der Waals surface area (Å²) in [7, 11) is -4.63. The third-order valence-corrected chi connectivity index (χ3v) is 5.62. The summed E-state index contributed by atoms with van der Waals surface area (Å²) in [4.78, 5) is -0.287. The fourth-order valence-corrected chi connectivity index (χ4v) is 4.30. The molecule has 0 saturated heterocycles. The number of nitrogens with two attached hydrogens (primary N) is 1. The zero-order chi connectivity index (χ0) is 18.5. The first-order valence-corrected chi connectivity index (χ1v) is 9.51. The van der Waals surface area contributed by atoms with Crippen LogP contribution in [0.5, 0.6) is 0 Å². The maximum absolute atomic E-state index is 11.6. The Balaban J connectivity index is 0.00000210. The molecule has 0 radical (unpaired) electrons. The average molecular weight is 389 g/mol. The van der Waals surface area contributed by atoms with Crippen molar-refractivity contribution in [2.24, 2.45) is 5.73 Å². The van der Waals surface area contributed by atoms with Crippen LogP contribution in [0.25, 0.3) is 23.3 Å². The number of benzene rings is 2. The van der Waals surface area contributed by atoms with Crippen LogP contribution in [0, 0.1) is 0 Å². The third kappa shape index (κ3) is 3.50. The summed E-state index contributed by atoms with van der Waals surface area (Å²) in [5.41, 5.74) is 10.2. The number of fused-ring (bicyclic) bond motifs is 2. The molecule has 7 heteroatoms. The summed E-state index contributed by atoms with van der Waals surface area (Å²) in [6, 6.07) is 11.6. The van der Waals surface area contributed by atoms with Crippen LogP contribution >= 0.6 is 0 Å². The third-order valence-electron chi connectivity index (χ3n) is 4.72. The van der Waals surface area contributed by atoms with Gasteiger partial charge in [-0.2, -0.15) is 0 Å². The molecule has 0 spiro atoms. The molecular weight excluding hydrogens is 373 g/mol. The fourth-order valence-electron chi connectivity index (χ4n) is 3.61. The zero-order valence-corrected chi connectivity index (χ0v) is 17.5. The molecule has 132 valence electrons. The van der Waals surface area contributed by atoms with E-state index in [9.17, 15) is 18.1 Å². The van der Waals surface area contributed by atoms with E-state index in [2.05, 4.69) is 0 Å². The molecular formula is C20H16NNaO4S. The minimum absolute atomic E-state index is 0. The number of hydrogen-bond donors (Lipinski definition) is 2. The van der Waals surface area contributed by atoms with Gasteiger partial charge in [0.05, 0.1) is 11.0 Å². The molecule has 0 fully saturated rings. The summed E-state index contributed by atoms with van der Waals surface area (Å²) in [6.07, 6.45) is 5.84. The standard InChI is InChI=1S/C20H17NO4S.Na/c21-16-10-9-14-15(6-3-7-18(14)26(23,24)25)19(16)20-13-5-2-1-4-12(13)8-11-17(20)22;/h1-11,16-17,22H,21H2,(H,23,24,25);/q;+1/p-1. The largest absolute Gasteiger partial charge is 1.00 e. The van der Waals surface area contributed by atoms with E-state index in [-0.39, 0.29) is 34.5 Å². The van der Waals surface area contributed by atoms with Crippen LogP contribution < -0.4 is 35.3 Å². The van der Waals surface area contributed by atoms with Crippen LogP contribution in [-0.2, 0) is 10.1 Å². The van der Waals surface area contributed by atoms with Gasteiger partial charge < -0.3 is 15.4 Å². The molecule has 27 heavy (non-hydrogen) atoms. The second-order valence-corrected chi connectivity index (χ2v) is 7.62. The Bertz CT molecular complexity index is 1100. The maximum Gasteiger partial charge on any atom is 1.00 e. The molecule has 4 rings (SSSR count). The van der Waals surface area contributed by atoms with Crippen molar-refractivity contribution in [1.82, 2.24) is 0 Å². The van der Waals surface area contributed by atoms with E-state index < -0.39 is 22.3 Å². The molecule has 3 N–H and O–H groups in total. The predicted molar refractivity (Wildman–Crippen MR) is 99.7 cm³/mol. The first-order valence-electron chi connectivity index (χ1n) is 8.11. The number of hydrogen-bond acceptors (Lipinski definition) is 5. The van der Waals surface area contributed by atoms with Crippen LogP contribution in [0.1, 0.15) is 22.3 Å². The van der Waals surface area contributed by atoms with Crippen molar-refractivity contribution < 1.29 is 47.6 Å². The first-order chi connectivity index (χ1) is 12.4. The van der Waals surface area contributed by atoms with Crippen molar-refractivity contribution in [3.63, 3.8) is 0 Å². The van der Waals surface area contributed by atoms with E-state index in [1.54, 1.807) is 24.3 Å². The van der Waals surface area contributed by atoms with Gasteiger partial charge in [-0.25, -0.2) is 8.42 Å². The molecule has 2 atom stereocenters. The quantitative estimate of drug-likeness (QED) is 0.493. The molecule has 5 nitrogen and oxygen atoms in total. The molecule has 2 aliphatic rings. The van der Waals surface area contributed by atoms with Crippen LogP contribution in [-0.4, -0.2) is 30.2 Å². The molecule has 0 aromatic heterocycles. The van der Waals surface area contributed by atoms with Crippen molar-refractivity contribution in [2.45, 2.75) is 17.0 Å². The van der Waals surface area contributed by atoms with Crippen molar-refractivity contribution in [3.8, 4) is 0 Å². The Morgan fingerprint density at radius 3 is 2.37 bits per heavy atom. The number of aliphatic hydroxyl groups excluding tert-OH is 1. The van der Waals surface area contributed by atoms with Gasteiger partial charge in [0.25, 0.3) is 0 Å². The van der Waals surface area contributed by atoms with Crippen molar-refractivity contribution in [1.29, 1.82) is 0 Å². The van der Waals surface area contributed by atoms with Gasteiger partial charge in [0.15, 0.2) is 0 Å². The smallest absolute Gasteiger partial charge is 0.744 e. The molecule has 2 aromatic rings. The van der Waals surface area contributed by atoms with E-state index in [1.165, 1.54) is 12.1 Å². The van der Waals surface area contributed by atoms with Gasteiger partial charge in [-0.1, -0.05) is 60.7 Å². The van der Waals surface area contributed by atoms with Gasteiger partial charge in [0, 0.05) is 6.04 Å². The average Bonchev–Trinajstić information content (AvgIpc) is 2.61. The topological polar surface area (TPSA) is 103 Å². The Morgan fingerprint density at radius 1 is 0.926 bits per heavy atom. The fraction of sp³-hybridized carbons (Fsp3) is 0.100. The maximum atomic E-state index is 11.6. The Labute approximate surface area is 180 Å². The van der Waals surface area contributed by atoms with Gasteiger partial charge in [-0.05, 0) is 39.5 Å². The van der Waals surface area contributed by atoms with E-state index >= 15 is 0 Å². The van der Waals surface area contributed by atoms with Gasteiger partial charge in [-0.15, -0.1) is 0 Å². The summed E-state index contributed by atoms with van der Waals surface area (Å²) >= 11 is 0. The molecule has 0 amide bonds. The molecule has 0 heterocycles. The van der Waals surface area contributed by atoms with E-state index in [0.717, 1.165) is 11.1 Å². The summed E-state index contributed by atoms with van der Waals surface area (Å²) in [5.74, 6) is 0. The van der Waals surface area contributed by atoms with Crippen LogP contribution in [0.15, 0.2) is 59.5 Å². The van der Waals surface area contributed by atoms with E-state index in [0.29, 0.717) is 22.3 Å². The Morgan fingerprint density at radius 2 is 1.63 bits per heavy atom. The number of rotatable bonds is 1. The minimum atomic E-state index is -4.63. The molecule has 0 bridgehead atoms. The molecule has 0 saturated carbocycles. The molecule has 2 aliphatic carbocycles. The van der Waals surface area contributed by atoms with Gasteiger partial charge in [0.1, 0.15) is 10.1 Å². The van der Waals surface area contributed by atoms with Crippen LogP contribution in [0.3, 0.4) is 0 Å². The van der Waals surface area contributed by atoms with Crippen molar-refractivity contribution >= 4 is 33.4 Å². The minimum Gasteiger partial charge on any atom is -0.744 e. The summed E-state index contributed by atoms with van der Waals surface area (Å²) < 4.78 is 34.9. The van der Waals surface area contributed by atoms with E-state index in [1.807, 2.05) is 30.3 Å². The predicted octanol–water partition coefficient (Wildman–Crippen LogP) is -0.753.